The van der Waals surface area contributed by atoms with Crippen LogP contribution in [0.4, 0.5) is 0 Å². The Morgan fingerprint density at radius 3 is 2.66 bits per heavy atom. The Morgan fingerprint density at radius 1 is 1.05 bits per heavy atom. The molecule has 4 aromatic heterocycles. The number of pyridine rings is 1. The molecule has 0 radical (unpaired) electrons. The van der Waals surface area contributed by atoms with Crippen LogP contribution in [0.15, 0.2) is 84.2 Å². The third-order valence-corrected chi connectivity index (χ3v) is 7.07. The maximum atomic E-state index is 14.3. The van der Waals surface area contributed by atoms with Gasteiger partial charge in [0.15, 0.2) is 5.65 Å². The zero-order chi connectivity index (χ0) is 28.7. The van der Waals surface area contributed by atoms with Crippen LogP contribution in [-0.4, -0.2) is 34.9 Å². The lowest BCUT2D eigenvalue weighted by molar-refractivity contribution is 0.0939. The first-order valence-corrected chi connectivity index (χ1v) is 13.2. The minimum atomic E-state index is -0.526. The molecule has 0 unspecified atom stereocenters. The number of nitrogens with zero attached hydrogens (tertiary/aromatic N) is 6. The smallest absolute Gasteiger partial charge is 0.264 e. The summed E-state index contributed by atoms with van der Waals surface area (Å²) in [7, 11) is 1.83. The van der Waals surface area contributed by atoms with Crippen molar-refractivity contribution in [3.05, 3.63) is 123 Å². The van der Waals surface area contributed by atoms with E-state index < -0.39 is 6.04 Å². The van der Waals surface area contributed by atoms with Gasteiger partial charge in [-0.25, -0.2) is 9.50 Å². The van der Waals surface area contributed by atoms with Gasteiger partial charge in [0.05, 0.1) is 34.6 Å². The van der Waals surface area contributed by atoms with E-state index in [1.807, 2.05) is 75.6 Å². The maximum Gasteiger partial charge on any atom is 0.264 e. The molecule has 0 aliphatic rings. The van der Waals surface area contributed by atoms with E-state index in [4.69, 9.17) is 0 Å². The van der Waals surface area contributed by atoms with Gasteiger partial charge in [0.25, 0.3) is 11.5 Å². The molecule has 0 aliphatic carbocycles. The summed E-state index contributed by atoms with van der Waals surface area (Å²) < 4.78 is 4.95. The molecule has 0 aliphatic heterocycles. The van der Waals surface area contributed by atoms with Crippen LogP contribution in [0.3, 0.4) is 0 Å². The van der Waals surface area contributed by atoms with Gasteiger partial charge in [-0.05, 0) is 56.0 Å². The number of aromatic nitrogens is 6. The first-order valence-electron chi connectivity index (χ1n) is 13.2. The monoisotopic (exact) mass is 541 g/mol. The molecular weight excluding hydrogens is 514 g/mol. The van der Waals surface area contributed by atoms with E-state index in [1.165, 1.54) is 0 Å². The molecular formula is C32H27N7O2. The van der Waals surface area contributed by atoms with Crippen molar-refractivity contribution in [3.63, 3.8) is 0 Å². The first-order chi connectivity index (χ1) is 19.8. The number of aryl methyl sites for hydroxylation is 3. The Bertz CT molecular complexity index is 2090. The SMILES string of the molecule is Cc1ccccc1-n1c([C@@H](C)NC(=O)c2c(C)nn3cccnc23)cc2cccc(C#Cc3cnn(C)c3)c2c1=O. The molecule has 2 aromatic carbocycles. The third kappa shape index (κ3) is 4.66. The van der Waals surface area contributed by atoms with Gasteiger partial charge in [0.2, 0.25) is 0 Å². The molecule has 6 rings (SSSR count). The molecule has 41 heavy (non-hydrogen) atoms. The second-order valence-corrected chi connectivity index (χ2v) is 9.96. The van der Waals surface area contributed by atoms with Gasteiger partial charge in [-0.2, -0.15) is 10.2 Å². The van der Waals surface area contributed by atoms with Gasteiger partial charge >= 0.3 is 0 Å². The summed E-state index contributed by atoms with van der Waals surface area (Å²) in [4.78, 5) is 32.2. The highest BCUT2D eigenvalue weighted by atomic mass is 16.2. The number of hydrogen-bond acceptors (Lipinski definition) is 5. The van der Waals surface area contributed by atoms with E-state index >= 15 is 0 Å². The van der Waals surface area contributed by atoms with E-state index in [9.17, 15) is 9.59 Å². The highest BCUT2D eigenvalue weighted by molar-refractivity contribution is 6.01. The number of carbonyl (C=O) groups is 1. The molecule has 1 N–H and O–H groups in total. The van der Waals surface area contributed by atoms with Gasteiger partial charge in [-0.1, -0.05) is 42.2 Å². The minimum absolute atomic E-state index is 0.210. The standard InChI is InChI=1S/C32H27N7O2/c1-20-9-5-6-12-26(20)39-27(21(2)35-31(40)28-22(3)36-38-16-8-15-33-30(28)38)17-25-11-7-10-24(29(25)32(39)41)14-13-23-18-34-37(4)19-23/h5-12,15-19,21H,1-4H3,(H,35,40)/t21-/m1/s1. The van der Waals surface area contributed by atoms with Gasteiger partial charge in [0.1, 0.15) is 5.56 Å². The van der Waals surface area contributed by atoms with Crippen LogP contribution in [0.1, 0.15) is 51.4 Å². The van der Waals surface area contributed by atoms with Crippen molar-refractivity contribution >= 4 is 22.3 Å². The molecule has 0 spiro atoms. The average Bonchev–Trinajstić information content (AvgIpc) is 3.53. The van der Waals surface area contributed by atoms with Crippen LogP contribution in [0.5, 0.6) is 0 Å². The summed E-state index contributed by atoms with van der Waals surface area (Å²) in [5, 5.41) is 12.9. The van der Waals surface area contributed by atoms with Crippen LogP contribution in [0, 0.1) is 25.7 Å². The maximum absolute atomic E-state index is 14.3. The molecule has 4 heterocycles. The number of amides is 1. The molecule has 0 saturated heterocycles. The highest BCUT2D eigenvalue weighted by Crippen LogP contribution is 2.25. The van der Waals surface area contributed by atoms with Crippen molar-refractivity contribution in [1.82, 2.24) is 34.3 Å². The van der Waals surface area contributed by atoms with Gasteiger partial charge in [-0.15, -0.1) is 0 Å². The molecule has 0 saturated carbocycles. The van der Waals surface area contributed by atoms with Crippen molar-refractivity contribution < 1.29 is 4.79 Å². The summed E-state index contributed by atoms with van der Waals surface area (Å²) in [6.07, 6.45) is 6.90. The lowest BCUT2D eigenvalue weighted by atomic mass is 10.0. The molecule has 202 valence electrons. The molecule has 9 heteroatoms. The zero-order valence-corrected chi connectivity index (χ0v) is 23.1. The Hall–Kier alpha value is -5.49. The van der Waals surface area contributed by atoms with Crippen LogP contribution < -0.4 is 10.9 Å². The fourth-order valence-electron chi connectivity index (χ4n) is 5.10. The summed E-state index contributed by atoms with van der Waals surface area (Å²) in [5.74, 6) is 5.97. The summed E-state index contributed by atoms with van der Waals surface area (Å²) >= 11 is 0. The summed E-state index contributed by atoms with van der Waals surface area (Å²) in [6.45, 7) is 5.61. The van der Waals surface area contributed by atoms with E-state index in [2.05, 4.69) is 32.3 Å². The van der Waals surface area contributed by atoms with E-state index in [-0.39, 0.29) is 11.5 Å². The topological polar surface area (TPSA) is 99.1 Å². The molecule has 0 fully saturated rings. The second-order valence-electron chi connectivity index (χ2n) is 9.96. The minimum Gasteiger partial charge on any atom is -0.344 e. The summed E-state index contributed by atoms with van der Waals surface area (Å²) in [5.41, 5.74) is 4.92. The summed E-state index contributed by atoms with van der Waals surface area (Å²) in [6, 6.07) is 16.5. The number of benzene rings is 2. The number of fused-ring (bicyclic) bond motifs is 2. The lowest BCUT2D eigenvalue weighted by Gasteiger charge is -2.22. The Labute approximate surface area is 236 Å². The van der Waals surface area contributed by atoms with Crippen molar-refractivity contribution in [2.75, 3.05) is 0 Å². The largest absolute Gasteiger partial charge is 0.344 e. The number of hydrogen-bond donors (Lipinski definition) is 1. The molecule has 1 atom stereocenters. The third-order valence-electron chi connectivity index (χ3n) is 7.07. The van der Waals surface area contributed by atoms with Crippen LogP contribution in [0.2, 0.25) is 0 Å². The predicted molar refractivity (Wildman–Crippen MR) is 157 cm³/mol. The van der Waals surface area contributed by atoms with Crippen molar-refractivity contribution in [2.45, 2.75) is 26.8 Å². The number of rotatable bonds is 4. The zero-order valence-electron chi connectivity index (χ0n) is 23.1. The van der Waals surface area contributed by atoms with E-state index in [0.717, 1.165) is 22.2 Å². The Kier molecular flexibility index (Phi) is 6.44. The van der Waals surface area contributed by atoms with Crippen LogP contribution in [0.25, 0.3) is 22.1 Å². The average molecular weight is 542 g/mol. The Morgan fingerprint density at radius 2 is 1.88 bits per heavy atom. The first kappa shape index (κ1) is 25.8. The fraction of sp³-hybridized carbons (Fsp3) is 0.156. The van der Waals surface area contributed by atoms with Gasteiger partial charge < -0.3 is 5.32 Å². The fourth-order valence-corrected chi connectivity index (χ4v) is 5.10. The van der Waals surface area contributed by atoms with E-state index in [0.29, 0.717) is 33.5 Å². The normalized spacial score (nSPS) is 11.8. The van der Waals surface area contributed by atoms with Crippen LogP contribution in [-0.2, 0) is 7.05 Å². The molecule has 0 bridgehead atoms. The number of carbonyl (C=O) groups excluding carboxylic acids is 1. The highest BCUT2D eigenvalue weighted by Gasteiger charge is 2.23. The van der Waals surface area contributed by atoms with Gasteiger partial charge in [-0.3, -0.25) is 18.8 Å². The van der Waals surface area contributed by atoms with Crippen LogP contribution >= 0.6 is 0 Å². The number of nitrogens with one attached hydrogen (secondary N) is 1. The number of para-hydroxylation sites is 1. The van der Waals surface area contributed by atoms with Gasteiger partial charge in [0, 0.05) is 36.9 Å². The Balaban J connectivity index is 1.50. The molecule has 1 amide bonds. The predicted octanol–water partition coefficient (Wildman–Crippen LogP) is 4.27. The molecule has 9 nitrogen and oxygen atoms in total. The van der Waals surface area contributed by atoms with Crippen molar-refractivity contribution in [2.24, 2.45) is 7.05 Å². The lowest BCUT2D eigenvalue weighted by Crippen LogP contribution is -2.32. The second kappa shape index (κ2) is 10.2. The quantitative estimate of drug-likeness (QED) is 0.336. The molecule has 6 aromatic rings. The van der Waals surface area contributed by atoms with Crippen molar-refractivity contribution in [1.29, 1.82) is 0 Å². The van der Waals surface area contributed by atoms with E-state index in [1.54, 1.807) is 45.3 Å². The van der Waals surface area contributed by atoms with Crippen molar-refractivity contribution in [3.8, 4) is 17.5 Å².